The summed E-state index contributed by atoms with van der Waals surface area (Å²) in [6.45, 7) is 5.23. The highest BCUT2D eigenvalue weighted by molar-refractivity contribution is 5.92. The molecular weight excluding hydrogens is 380 g/mol. The Kier molecular flexibility index (Phi) is 5.55. The van der Waals surface area contributed by atoms with Crippen LogP contribution in [0.3, 0.4) is 0 Å². The third-order valence-electron chi connectivity index (χ3n) is 5.55. The third-order valence-corrected chi connectivity index (χ3v) is 5.55. The minimum Gasteiger partial charge on any atom is -0.459 e. The molecule has 0 spiro atoms. The molecule has 2 N–H and O–H groups in total. The summed E-state index contributed by atoms with van der Waals surface area (Å²) in [5.41, 5.74) is 3.82. The first-order chi connectivity index (χ1) is 14.4. The van der Waals surface area contributed by atoms with Gasteiger partial charge < -0.3 is 20.0 Å². The fourth-order valence-electron chi connectivity index (χ4n) is 3.89. The average Bonchev–Trinajstić information content (AvgIpc) is 2.91. The molecule has 0 fully saturated rings. The predicted octanol–water partition coefficient (Wildman–Crippen LogP) is 3.02. The van der Waals surface area contributed by atoms with Gasteiger partial charge >= 0.3 is 0 Å². The molecule has 1 unspecified atom stereocenters. The maximum Gasteiger partial charge on any atom is 0.239 e. The van der Waals surface area contributed by atoms with Gasteiger partial charge in [-0.05, 0) is 31.0 Å². The van der Waals surface area contributed by atoms with Crippen LogP contribution in [0.15, 0.2) is 40.9 Å². The first-order valence-corrected chi connectivity index (χ1v) is 10.1. The maximum atomic E-state index is 13.0. The van der Waals surface area contributed by atoms with Crippen LogP contribution >= 0.6 is 0 Å². The Morgan fingerprint density at radius 1 is 1.30 bits per heavy atom. The summed E-state index contributed by atoms with van der Waals surface area (Å²) in [5.74, 6) is 1.15. The van der Waals surface area contributed by atoms with E-state index in [0.717, 1.165) is 33.4 Å². The van der Waals surface area contributed by atoms with Crippen LogP contribution in [0.4, 0.5) is 5.82 Å². The number of fused-ring (bicyclic) bond motifs is 2. The summed E-state index contributed by atoms with van der Waals surface area (Å²) in [7, 11) is 1.81. The number of carbonyl (C=O) groups excluding carboxylic acids is 2. The minimum atomic E-state index is -0.201. The van der Waals surface area contributed by atoms with Crippen LogP contribution < -0.4 is 10.6 Å². The highest BCUT2D eigenvalue weighted by Gasteiger charge is 2.22. The fourth-order valence-corrected chi connectivity index (χ4v) is 3.89. The van der Waals surface area contributed by atoms with Crippen molar-refractivity contribution in [2.24, 2.45) is 5.92 Å². The van der Waals surface area contributed by atoms with E-state index in [1.807, 2.05) is 44.2 Å². The van der Waals surface area contributed by atoms with Crippen molar-refractivity contribution in [3.8, 4) is 0 Å². The lowest BCUT2D eigenvalue weighted by Crippen LogP contribution is -2.32. The van der Waals surface area contributed by atoms with Gasteiger partial charge in [-0.15, -0.1) is 0 Å². The summed E-state index contributed by atoms with van der Waals surface area (Å²) in [6, 6.07) is 9.92. The average molecular weight is 406 g/mol. The monoisotopic (exact) mass is 406 g/mol. The zero-order chi connectivity index (χ0) is 21.3. The molecule has 7 heteroatoms. The van der Waals surface area contributed by atoms with Crippen LogP contribution in [0.2, 0.25) is 0 Å². The maximum absolute atomic E-state index is 13.0. The van der Waals surface area contributed by atoms with Gasteiger partial charge in [0.25, 0.3) is 0 Å². The van der Waals surface area contributed by atoms with Crippen molar-refractivity contribution < 1.29 is 14.0 Å². The highest BCUT2D eigenvalue weighted by atomic mass is 16.3. The molecule has 3 aromatic rings. The van der Waals surface area contributed by atoms with E-state index in [2.05, 4.69) is 15.6 Å². The van der Waals surface area contributed by atoms with Gasteiger partial charge in [0.1, 0.15) is 17.2 Å². The Bertz CT molecular complexity index is 1110. The molecule has 30 heavy (non-hydrogen) atoms. The number of nitrogens with one attached hydrogen (secondary N) is 2. The molecular formula is C23H26N4O3. The van der Waals surface area contributed by atoms with Crippen LogP contribution in [0, 0.1) is 12.8 Å². The van der Waals surface area contributed by atoms with Gasteiger partial charge in [-0.25, -0.2) is 4.98 Å². The molecule has 3 heterocycles. The molecule has 2 aromatic heterocycles. The van der Waals surface area contributed by atoms with E-state index in [1.54, 1.807) is 18.1 Å². The van der Waals surface area contributed by atoms with Crippen molar-refractivity contribution in [2.75, 3.05) is 18.9 Å². The van der Waals surface area contributed by atoms with E-state index in [4.69, 9.17) is 4.42 Å². The highest BCUT2D eigenvalue weighted by Crippen LogP contribution is 2.26. The van der Waals surface area contributed by atoms with Gasteiger partial charge in [-0.2, -0.15) is 0 Å². The molecule has 1 aliphatic heterocycles. The number of amides is 2. The lowest BCUT2D eigenvalue weighted by Gasteiger charge is -2.21. The SMILES string of the molecule is Cc1c(CN(C)C(=O)C(C)Cc2cnc3c(c2)CNCC(=O)N3)oc2ccccc12. The van der Waals surface area contributed by atoms with Crippen molar-refractivity contribution in [3.05, 3.63) is 59.0 Å². The smallest absolute Gasteiger partial charge is 0.239 e. The summed E-state index contributed by atoms with van der Waals surface area (Å²) in [4.78, 5) is 30.7. The van der Waals surface area contributed by atoms with Crippen LogP contribution in [-0.2, 0) is 29.1 Å². The van der Waals surface area contributed by atoms with Crippen LogP contribution in [-0.4, -0.2) is 35.3 Å². The number of carbonyl (C=O) groups is 2. The van der Waals surface area contributed by atoms with Crippen LogP contribution in [0.25, 0.3) is 11.0 Å². The lowest BCUT2D eigenvalue weighted by atomic mass is 9.99. The van der Waals surface area contributed by atoms with Gasteiger partial charge in [-0.1, -0.05) is 25.1 Å². The third kappa shape index (κ3) is 4.07. The van der Waals surface area contributed by atoms with E-state index in [0.29, 0.717) is 25.3 Å². The number of aryl methyl sites for hydroxylation is 1. The lowest BCUT2D eigenvalue weighted by molar-refractivity contribution is -0.134. The van der Waals surface area contributed by atoms with E-state index in [-0.39, 0.29) is 24.3 Å². The standard InChI is InChI=1S/C23H26N4O3/c1-14(8-16-9-17-11-24-12-21(28)26-22(17)25-10-16)23(29)27(3)13-20-15(2)18-6-4-5-7-19(18)30-20/h4-7,9-10,14,24H,8,11-13H2,1-3H3,(H,25,26,28). The van der Waals surface area contributed by atoms with E-state index in [1.165, 1.54) is 0 Å². The van der Waals surface area contributed by atoms with Gasteiger partial charge in [0.05, 0.1) is 13.1 Å². The van der Waals surface area contributed by atoms with Crippen molar-refractivity contribution in [1.82, 2.24) is 15.2 Å². The number of rotatable bonds is 5. The molecule has 7 nitrogen and oxygen atoms in total. The molecule has 2 amide bonds. The first kappa shape index (κ1) is 20.1. The largest absolute Gasteiger partial charge is 0.459 e. The van der Waals surface area contributed by atoms with Gasteiger partial charge in [0.2, 0.25) is 11.8 Å². The van der Waals surface area contributed by atoms with Crippen LogP contribution in [0.1, 0.15) is 29.4 Å². The summed E-state index contributed by atoms with van der Waals surface area (Å²) in [5, 5.41) is 6.95. The number of aromatic nitrogens is 1. The Balaban J connectivity index is 1.43. The number of nitrogens with zero attached hydrogens (tertiary/aromatic N) is 2. The van der Waals surface area contributed by atoms with Crippen molar-refractivity contribution >= 4 is 28.6 Å². The Labute approximate surface area is 175 Å². The molecule has 0 aliphatic carbocycles. The van der Waals surface area contributed by atoms with Crippen molar-refractivity contribution in [3.63, 3.8) is 0 Å². The van der Waals surface area contributed by atoms with Crippen molar-refractivity contribution in [2.45, 2.75) is 33.4 Å². The number of pyridine rings is 1. The quantitative estimate of drug-likeness (QED) is 0.680. The Hall–Kier alpha value is -3.19. The molecule has 0 radical (unpaired) electrons. The van der Waals surface area contributed by atoms with Gasteiger partial charge in [0, 0.05) is 42.2 Å². The number of para-hydroxylation sites is 1. The second-order valence-corrected chi connectivity index (χ2v) is 7.95. The Morgan fingerprint density at radius 3 is 2.90 bits per heavy atom. The second-order valence-electron chi connectivity index (χ2n) is 7.95. The number of hydrogen-bond acceptors (Lipinski definition) is 5. The van der Waals surface area contributed by atoms with E-state index < -0.39 is 0 Å². The predicted molar refractivity (Wildman–Crippen MR) is 115 cm³/mol. The molecule has 1 atom stereocenters. The topological polar surface area (TPSA) is 87.5 Å². The number of anilines is 1. The molecule has 0 bridgehead atoms. The molecule has 1 aromatic carbocycles. The second kappa shape index (κ2) is 8.28. The zero-order valence-corrected chi connectivity index (χ0v) is 17.5. The number of hydrogen-bond donors (Lipinski definition) is 2. The number of benzene rings is 1. The van der Waals surface area contributed by atoms with E-state index in [9.17, 15) is 9.59 Å². The molecule has 0 saturated heterocycles. The molecule has 1 aliphatic rings. The Morgan fingerprint density at radius 2 is 2.10 bits per heavy atom. The summed E-state index contributed by atoms with van der Waals surface area (Å²) in [6.07, 6.45) is 2.31. The zero-order valence-electron chi connectivity index (χ0n) is 17.5. The molecule has 0 saturated carbocycles. The number of furan rings is 1. The fraction of sp³-hybridized carbons (Fsp3) is 0.348. The van der Waals surface area contributed by atoms with Gasteiger partial charge in [0.15, 0.2) is 0 Å². The summed E-state index contributed by atoms with van der Waals surface area (Å²) < 4.78 is 5.96. The molecule has 156 valence electrons. The normalized spacial score (nSPS) is 14.7. The molecule has 4 rings (SSSR count). The summed E-state index contributed by atoms with van der Waals surface area (Å²) >= 11 is 0. The van der Waals surface area contributed by atoms with Crippen LogP contribution in [0.5, 0.6) is 0 Å². The van der Waals surface area contributed by atoms with Crippen molar-refractivity contribution in [1.29, 1.82) is 0 Å². The van der Waals surface area contributed by atoms with E-state index >= 15 is 0 Å². The minimum absolute atomic E-state index is 0.0521. The first-order valence-electron chi connectivity index (χ1n) is 10.1. The van der Waals surface area contributed by atoms with Gasteiger partial charge in [-0.3, -0.25) is 9.59 Å².